The highest BCUT2D eigenvalue weighted by molar-refractivity contribution is 9.10. The predicted molar refractivity (Wildman–Crippen MR) is 77.3 cm³/mol. The molecule has 0 aliphatic rings. The first-order chi connectivity index (χ1) is 9.72. The van der Waals surface area contributed by atoms with Crippen LogP contribution in [0.15, 0.2) is 45.8 Å². The van der Waals surface area contributed by atoms with Crippen molar-refractivity contribution in [2.75, 3.05) is 20.3 Å². The fourth-order valence-electron chi connectivity index (χ4n) is 1.76. The van der Waals surface area contributed by atoms with E-state index in [1.54, 1.807) is 24.3 Å². The van der Waals surface area contributed by atoms with Gasteiger partial charge in [0.05, 0.1) is 30.7 Å². The molecule has 1 amide bonds. The van der Waals surface area contributed by atoms with Crippen molar-refractivity contribution in [3.8, 4) is 0 Å². The lowest BCUT2D eigenvalue weighted by atomic mass is 10.2. The molecular weight excluding hydrogens is 324 g/mol. The van der Waals surface area contributed by atoms with Crippen LogP contribution in [0.4, 0.5) is 0 Å². The van der Waals surface area contributed by atoms with E-state index in [1.807, 2.05) is 18.2 Å². The average molecular weight is 339 g/mol. The van der Waals surface area contributed by atoms with Gasteiger partial charge in [-0.3, -0.25) is 9.78 Å². The van der Waals surface area contributed by atoms with Crippen LogP contribution in [-0.4, -0.2) is 36.1 Å². The zero-order valence-corrected chi connectivity index (χ0v) is 12.7. The number of furan rings is 1. The number of aromatic nitrogens is 1. The Morgan fingerprint density at radius 2 is 2.30 bits per heavy atom. The van der Waals surface area contributed by atoms with Gasteiger partial charge < -0.3 is 14.1 Å². The highest BCUT2D eigenvalue weighted by Gasteiger charge is 2.20. The van der Waals surface area contributed by atoms with Crippen molar-refractivity contribution in [3.63, 3.8) is 0 Å². The Bertz CT molecular complexity index is 557. The van der Waals surface area contributed by atoms with E-state index in [4.69, 9.17) is 9.15 Å². The number of hydrogen-bond acceptors (Lipinski definition) is 4. The maximum Gasteiger partial charge on any atom is 0.258 e. The molecule has 0 unspecified atom stereocenters. The largest absolute Gasteiger partial charge is 0.457 e. The predicted octanol–water partition coefficient (Wildman–Crippen LogP) is 2.73. The zero-order valence-electron chi connectivity index (χ0n) is 11.1. The second kappa shape index (κ2) is 7.21. The summed E-state index contributed by atoms with van der Waals surface area (Å²) in [7, 11) is 1.61. The Balaban J connectivity index is 2.15. The third kappa shape index (κ3) is 3.68. The Kier molecular flexibility index (Phi) is 5.31. The standard InChI is InChI=1S/C14H15BrN2O3/c1-19-9-7-17(10-11-4-2-3-6-16-11)14(18)12-5-8-20-13(12)15/h2-6,8H,7,9-10H2,1H3. The van der Waals surface area contributed by atoms with Gasteiger partial charge in [-0.05, 0) is 34.1 Å². The van der Waals surface area contributed by atoms with Crippen LogP contribution in [0.1, 0.15) is 16.1 Å². The summed E-state index contributed by atoms with van der Waals surface area (Å²) >= 11 is 3.23. The average Bonchev–Trinajstić information content (AvgIpc) is 2.90. The van der Waals surface area contributed by atoms with Crippen LogP contribution in [0.25, 0.3) is 0 Å². The molecule has 0 N–H and O–H groups in total. The maximum absolute atomic E-state index is 12.5. The van der Waals surface area contributed by atoms with Crippen molar-refractivity contribution < 1.29 is 13.9 Å². The SMILES string of the molecule is COCCN(Cc1ccccn1)C(=O)c1ccoc1Br. The molecule has 0 aliphatic carbocycles. The number of methoxy groups -OCH3 is 1. The molecular formula is C14H15BrN2O3. The van der Waals surface area contributed by atoms with E-state index in [0.29, 0.717) is 29.9 Å². The first kappa shape index (κ1) is 14.7. The quantitative estimate of drug-likeness (QED) is 0.812. The van der Waals surface area contributed by atoms with E-state index in [1.165, 1.54) is 6.26 Å². The summed E-state index contributed by atoms with van der Waals surface area (Å²) in [6, 6.07) is 7.27. The lowest BCUT2D eigenvalue weighted by Crippen LogP contribution is -2.33. The minimum atomic E-state index is -0.117. The number of carbonyl (C=O) groups excluding carboxylic acids is 1. The number of hydrogen-bond donors (Lipinski definition) is 0. The number of ether oxygens (including phenoxy) is 1. The summed E-state index contributed by atoms with van der Waals surface area (Å²) in [6.07, 6.45) is 3.19. The Morgan fingerprint density at radius 1 is 1.45 bits per heavy atom. The molecule has 0 spiro atoms. The fraction of sp³-hybridized carbons (Fsp3) is 0.286. The minimum absolute atomic E-state index is 0.117. The van der Waals surface area contributed by atoms with Crippen LogP contribution in [0, 0.1) is 0 Å². The van der Waals surface area contributed by atoms with Gasteiger partial charge in [-0.15, -0.1) is 0 Å². The van der Waals surface area contributed by atoms with E-state index < -0.39 is 0 Å². The van der Waals surface area contributed by atoms with E-state index in [-0.39, 0.29) is 5.91 Å². The molecule has 2 aromatic heterocycles. The third-order valence-corrected chi connectivity index (χ3v) is 3.39. The van der Waals surface area contributed by atoms with Gasteiger partial charge in [0.15, 0.2) is 4.67 Å². The van der Waals surface area contributed by atoms with Crippen molar-refractivity contribution >= 4 is 21.8 Å². The number of rotatable bonds is 6. The van der Waals surface area contributed by atoms with E-state index in [2.05, 4.69) is 20.9 Å². The molecule has 2 aromatic rings. The van der Waals surface area contributed by atoms with Gasteiger partial charge in [-0.2, -0.15) is 0 Å². The number of halogens is 1. The molecule has 0 radical (unpaired) electrons. The minimum Gasteiger partial charge on any atom is -0.457 e. The number of amides is 1. The molecule has 0 saturated carbocycles. The second-order valence-electron chi connectivity index (χ2n) is 4.15. The molecule has 2 rings (SSSR count). The van der Waals surface area contributed by atoms with Gasteiger partial charge in [0.25, 0.3) is 5.91 Å². The monoisotopic (exact) mass is 338 g/mol. The zero-order chi connectivity index (χ0) is 14.4. The van der Waals surface area contributed by atoms with E-state index in [0.717, 1.165) is 5.69 Å². The summed E-state index contributed by atoms with van der Waals surface area (Å²) in [5, 5.41) is 0. The van der Waals surface area contributed by atoms with Gasteiger partial charge in [0.1, 0.15) is 0 Å². The highest BCUT2D eigenvalue weighted by atomic mass is 79.9. The smallest absolute Gasteiger partial charge is 0.258 e. The van der Waals surface area contributed by atoms with Gasteiger partial charge in [-0.1, -0.05) is 6.07 Å². The first-order valence-electron chi connectivity index (χ1n) is 6.13. The van der Waals surface area contributed by atoms with Crippen molar-refractivity contribution in [2.24, 2.45) is 0 Å². The number of pyridine rings is 1. The molecule has 5 nitrogen and oxygen atoms in total. The van der Waals surface area contributed by atoms with Crippen LogP contribution >= 0.6 is 15.9 Å². The third-order valence-electron chi connectivity index (χ3n) is 2.78. The number of carbonyl (C=O) groups is 1. The molecule has 0 aromatic carbocycles. The molecule has 6 heteroatoms. The first-order valence-corrected chi connectivity index (χ1v) is 6.92. The molecule has 0 atom stereocenters. The Hall–Kier alpha value is -1.66. The summed E-state index contributed by atoms with van der Waals surface area (Å²) in [4.78, 5) is 18.4. The molecule has 0 bridgehead atoms. The van der Waals surface area contributed by atoms with Crippen molar-refractivity contribution in [2.45, 2.75) is 6.54 Å². The molecule has 106 valence electrons. The fourth-order valence-corrected chi connectivity index (χ4v) is 2.17. The normalized spacial score (nSPS) is 10.5. The summed E-state index contributed by atoms with van der Waals surface area (Å²) in [6.45, 7) is 1.39. The topological polar surface area (TPSA) is 55.6 Å². The van der Waals surface area contributed by atoms with Crippen molar-refractivity contribution in [3.05, 3.63) is 52.7 Å². The Labute approximate surface area is 125 Å². The van der Waals surface area contributed by atoms with Crippen molar-refractivity contribution in [1.82, 2.24) is 9.88 Å². The van der Waals surface area contributed by atoms with Crippen LogP contribution in [0.2, 0.25) is 0 Å². The van der Waals surface area contributed by atoms with Crippen LogP contribution in [-0.2, 0) is 11.3 Å². The summed E-state index contributed by atoms with van der Waals surface area (Å²) in [5.74, 6) is -0.117. The Morgan fingerprint density at radius 3 is 2.90 bits per heavy atom. The lowest BCUT2D eigenvalue weighted by Gasteiger charge is -2.21. The summed E-state index contributed by atoms with van der Waals surface area (Å²) < 4.78 is 10.6. The number of nitrogens with zero attached hydrogens (tertiary/aromatic N) is 2. The van der Waals surface area contributed by atoms with Crippen molar-refractivity contribution in [1.29, 1.82) is 0 Å². The molecule has 20 heavy (non-hydrogen) atoms. The van der Waals surface area contributed by atoms with Gasteiger partial charge in [-0.25, -0.2) is 0 Å². The van der Waals surface area contributed by atoms with E-state index in [9.17, 15) is 4.79 Å². The summed E-state index contributed by atoms with van der Waals surface area (Å²) in [5.41, 5.74) is 1.33. The highest BCUT2D eigenvalue weighted by Crippen LogP contribution is 2.20. The van der Waals surface area contributed by atoms with Crippen LogP contribution in [0.3, 0.4) is 0 Å². The molecule has 0 fully saturated rings. The van der Waals surface area contributed by atoms with Crippen LogP contribution in [0.5, 0.6) is 0 Å². The second-order valence-corrected chi connectivity index (χ2v) is 4.87. The lowest BCUT2D eigenvalue weighted by molar-refractivity contribution is 0.0676. The van der Waals surface area contributed by atoms with Gasteiger partial charge in [0.2, 0.25) is 0 Å². The van der Waals surface area contributed by atoms with Gasteiger partial charge >= 0.3 is 0 Å². The maximum atomic E-state index is 12.5. The van der Waals surface area contributed by atoms with E-state index >= 15 is 0 Å². The molecule has 2 heterocycles. The van der Waals surface area contributed by atoms with Gasteiger partial charge in [0, 0.05) is 19.9 Å². The van der Waals surface area contributed by atoms with Crippen LogP contribution < -0.4 is 0 Å². The molecule has 0 aliphatic heterocycles. The molecule has 0 saturated heterocycles.